The zero-order valence-electron chi connectivity index (χ0n) is 65.2. The van der Waals surface area contributed by atoms with E-state index < -0.39 is 0 Å². The first-order valence-corrected chi connectivity index (χ1v) is 41.1. The summed E-state index contributed by atoms with van der Waals surface area (Å²) in [5.74, 6) is 0. The monoisotopic (exact) mass is 1530 g/mol. The third-order valence-electron chi connectivity index (χ3n) is 24.9. The molecular weight excluding hydrogens is 1460 g/mol. The van der Waals surface area contributed by atoms with Gasteiger partial charge >= 0.3 is 0 Å². The Kier molecular flexibility index (Phi) is 15.9. The van der Waals surface area contributed by atoms with Crippen LogP contribution in [0.4, 0.5) is 0 Å². The molecule has 19 aromatic carbocycles. The van der Waals surface area contributed by atoms with Gasteiger partial charge in [0.1, 0.15) is 0 Å². The molecular formula is C113H73N7. The van der Waals surface area contributed by atoms with Crippen molar-refractivity contribution in [2.75, 3.05) is 0 Å². The van der Waals surface area contributed by atoms with Gasteiger partial charge in [-0.05, 0) is 221 Å². The van der Waals surface area contributed by atoms with Crippen LogP contribution in [0.15, 0.2) is 425 Å². The maximum absolute atomic E-state index is 4.39. The molecule has 0 aliphatic rings. The van der Waals surface area contributed by atoms with E-state index in [1.54, 1.807) is 0 Å². The van der Waals surface area contributed by atoms with Crippen molar-refractivity contribution in [3.05, 3.63) is 425 Å². The van der Waals surface area contributed by atoms with E-state index in [4.69, 9.17) is 0 Å². The molecule has 7 heterocycles. The van der Waals surface area contributed by atoms with Gasteiger partial charge in [0.05, 0.1) is 45.0 Å². The van der Waals surface area contributed by atoms with Crippen LogP contribution in [0.2, 0.25) is 0 Å². The molecule has 7 nitrogen and oxygen atoms in total. The fourth-order valence-corrected chi connectivity index (χ4v) is 19.5. The van der Waals surface area contributed by atoms with Gasteiger partial charge in [0, 0.05) is 115 Å². The summed E-state index contributed by atoms with van der Waals surface area (Å²) in [6, 6.07) is 149. The summed E-state index contributed by atoms with van der Waals surface area (Å²) in [5.41, 5.74) is 30.0. The fraction of sp³-hybridized carbons (Fsp3) is 0. The first-order chi connectivity index (χ1) is 59.5. The van der Waals surface area contributed by atoms with Crippen molar-refractivity contribution in [3.63, 3.8) is 0 Å². The molecule has 26 rings (SSSR count). The van der Waals surface area contributed by atoms with Crippen LogP contribution < -0.4 is 0 Å². The van der Waals surface area contributed by atoms with Crippen LogP contribution in [-0.4, -0.2) is 33.6 Å². The Hall–Kier alpha value is -16.1. The Morgan fingerprint density at radius 3 is 1.00 bits per heavy atom. The lowest BCUT2D eigenvalue weighted by Crippen LogP contribution is -1.94. The van der Waals surface area contributed by atoms with Gasteiger partial charge in [-0.3, -0.25) is 4.98 Å². The number of aromatic nitrogens is 7. The highest BCUT2D eigenvalue weighted by Crippen LogP contribution is 2.47. The molecule has 0 atom stereocenters. The summed E-state index contributed by atoms with van der Waals surface area (Å²) >= 11 is 0. The third kappa shape index (κ3) is 11.1. The van der Waals surface area contributed by atoms with E-state index in [0.717, 1.165) is 5.69 Å². The van der Waals surface area contributed by atoms with Crippen LogP contribution in [0, 0.1) is 0 Å². The Labute approximate surface area is 689 Å². The van der Waals surface area contributed by atoms with E-state index >= 15 is 0 Å². The SMILES string of the molecule is c1ccc(-n2c3ccccc3c3c4ccccc4c(-c4ccc(-c5ccc6[nH]c7ccccc7c6c5)cc4)cc32)cc1.c1ccc(-n2c3ccccc3c3c4ccccc4c(-c4cccc(-c5ccc6[nH]c7ccccc7c6c5)c4)cc32)cc1.c1cncc(-n2c3ccccc3c3c4cccc(-c5ccc6[nH]c7ccccc7c6c5)c4ccc32)c1. The molecule has 7 aromatic heterocycles. The number of rotatable bonds is 8. The van der Waals surface area contributed by atoms with E-state index in [2.05, 4.69) is 440 Å². The molecule has 0 spiro atoms. The van der Waals surface area contributed by atoms with Gasteiger partial charge in [-0.15, -0.1) is 0 Å². The number of benzene rings is 19. The van der Waals surface area contributed by atoms with Gasteiger partial charge in [-0.2, -0.15) is 0 Å². The number of nitrogens with zero attached hydrogens (tertiary/aromatic N) is 4. The lowest BCUT2D eigenvalue weighted by atomic mass is 9.92. The summed E-state index contributed by atoms with van der Waals surface area (Å²) in [4.78, 5) is 15.0. The zero-order valence-corrected chi connectivity index (χ0v) is 65.2. The predicted molar refractivity (Wildman–Crippen MR) is 508 cm³/mol. The van der Waals surface area contributed by atoms with Crippen LogP contribution in [0.25, 0.3) is 236 Å². The predicted octanol–water partition coefficient (Wildman–Crippen LogP) is 30.4. The molecule has 0 radical (unpaired) electrons. The van der Waals surface area contributed by atoms with Crippen LogP contribution in [-0.2, 0) is 0 Å². The molecule has 26 aromatic rings. The average molecular weight is 1530 g/mol. The quantitative estimate of drug-likeness (QED) is 0.139. The molecule has 0 saturated carbocycles. The normalized spacial score (nSPS) is 11.8. The van der Waals surface area contributed by atoms with Crippen LogP contribution in [0.5, 0.6) is 0 Å². The summed E-state index contributed by atoms with van der Waals surface area (Å²) in [6.45, 7) is 0. The van der Waals surface area contributed by atoms with E-state index in [9.17, 15) is 0 Å². The molecule has 560 valence electrons. The van der Waals surface area contributed by atoms with Crippen molar-refractivity contribution in [2.24, 2.45) is 0 Å². The summed E-state index contributed by atoms with van der Waals surface area (Å²) in [6.07, 6.45) is 3.76. The van der Waals surface area contributed by atoms with Crippen molar-refractivity contribution in [3.8, 4) is 72.7 Å². The standard InChI is InChI=1S/2C40H26N2.C33H21N3/c1-2-13-29(14-3-1)42-38-20-9-7-18-33(38)40-32-17-5-4-15-30(32)34(25-39(40)42)28-12-10-11-26(23-28)27-21-22-37-35(24-27)31-16-6-8-19-36(31)41-37;1-2-10-29(11-3-1)42-38-17-9-7-15-33(38)40-32-14-5-4-12-30(32)34(25-39(40)42)27-20-18-26(19-21-27)28-22-23-37-35(24-28)31-13-6-8-16-36(31)41-37;1-3-12-29-25(8-1)28-19-21(14-16-30(28)35-29)23-10-5-11-26-24(23)15-17-32-33(26)27-9-2-4-13-31(27)36(32)22-7-6-18-34-20-22/h2*1-25,41H;1-20,35H. The Bertz CT molecular complexity index is 8590. The number of fused-ring (bicyclic) bond motifs is 24. The van der Waals surface area contributed by atoms with Gasteiger partial charge in [0.25, 0.3) is 0 Å². The van der Waals surface area contributed by atoms with Gasteiger partial charge in [0.2, 0.25) is 0 Å². The molecule has 0 aliphatic heterocycles. The zero-order chi connectivity index (χ0) is 78.9. The van der Waals surface area contributed by atoms with Gasteiger partial charge < -0.3 is 28.7 Å². The summed E-state index contributed by atoms with van der Waals surface area (Å²) in [7, 11) is 0. The third-order valence-corrected chi connectivity index (χ3v) is 24.9. The highest BCUT2D eigenvalue weighted by molar-refractivity contribution is 6.27. The summed E-state index contributed by atoms with van der Waals surface area (Å²) in [5, 5.41) is 22.9. The number of hydrogen-bond acceptors (Lipinski definition) is 1. The van der Waals surface area contributed by atoms with Crippen LogP contribution in [0.3, 0.4) is 0 Å². The summed E-state index contributed by atoms with van der Waals surface area (Å²) < 4.78 is 7.14. The number of pyridine rings is 1. The number of para-hydroxylation sites is 8. The topological polar surface area (TPSA) is 75.0 Å². The molecule has 0 saturated heterocycles. The van der Waals surface area contributed by atoms with E-state index in [1.165, 1.54) is 230 Å². The second-order valence-corrected chi connectivity index (χ2v) is 31.5. The largest absolute Gasteiger partial charge is 0.355 e. The minimum atomic E-state index is 1.07. The van der Waals surface area contributed by atoms with E-state index in [-0.39, 0.29) is 0 Å². The second-order valence-electron chi connectivity index (χ2n) is 31.5. The molecule has 0 unspecified atom stereocenters. The molecule has 0 aliphatic carbocycles. The van der Waals surface area contributed by atoms with Gasteiger partial charge in [0.15, 0.2) is 0 Å². The Balaban J connectivity index is 0.000000103. The van der Waals surface area contributed by atoms with E-state index in [1.807, 2.05) is 18.5 Å². The van der Waals surface area contributed by atoms with E-state index in [0.29, 0.717) is 0 Å². The highest BCUT2D eigenvalue weighted by Gasteiger charge is 2.23. The van der Waals surface area contributed by atoms with Gasteiger partial charge in [-0.25, -0.2) is 0 Å². The van der Waals surface area contributed by atoms with Crippen LogP contribution >= 0.6 is 0 Å². The van der Waals surface area contributed by atoms with Crippen molar-refractivity contribution in [1.29, 1.82) is 0 Å². The van der Waals surface area contributed by atoms with Crippen LogP contribution in [0.1, 0.15) is 0 Å². The molecule has 0 bridgehead atoms. The van der Waals surface area contributed by atoms with Crippen molar-refractivity contribution >= 4 is 163 Å². The second kappa shape index (κ2) is 27.8. The first-order valence-electron chi connectivity index (χ1n) is 41.1. The lowest BCUT2D eigenvalue weighted by Gasteiger charge is -2.13. The molecule has 0 fully saturated rings. The number of hydrogen-bond donors (Lipinski definition) is 3. The molecule has 7 heteroatoms. The minimum Gasteiger partial charge on any atom is -0.355 e. The van der Waals surface area contributed by atoms with Crippen molar-refractivity contribution < 1.29 is 0 Å². The maximum Gasteiger partial charge on any atom is 0.0645 e. The smallest absolute Gasteiger partial charge is 0.0645 e. The van der Waals surface area contributed by atoms with Crippen molar-refractivity contribution in [2.45, 2.75) is 0 Å². The first kappa shape index (κ1) is 68.3. The minimum absolute atomic E-state index is 1.07. The molecule has 0 amide bonds. The maximum atomic E-state index is 4.39. The number of H-pyrrole nitrogens is 3. The fourth-order valence-electron chi connectivity index (χ4n) is 19.5. The lowest BCUT2D eigenvalue weighted by molar-refractivity contribution is 1.14. The Morgan fingerprint density at radius 1 is 0.167 bits per heavy atom. The molecule has 3 N–H and O–H groups in total. The highest BCUT2D eigenvalue weighted by atomic mass is 15.0. The number of aromatic amines is 3. The van der Waals surface area contributed by atoms with Gasteiger partial charge in [-0.1, -0.05) is 279 Å². The number of nitrogens with one attached hydrogen (secondary N) is 3. The molecule has 120 heavy (non-hydrogen) atoms. The Morgan fingerprint density at radius 2 is 0.500 bits per heavy atom. The van der Waals surface area contributed by atoms with Crippen molar-refractivity contribution in [1.82, 2.24) is 33.6 Å². The average Bonchev–Trinajstić information content (AvgIpc) is 1.56.